The van der Waals surface area contributed by atoms with Crippen molar-refractivity contribution in [2.24, 2.45) is 5.73 Å². The molecule has 0 aliphatic rings. The van der Waals surface area contributed by atoms with Gasteiger partial charge in [-0.05, 0) is 19.1 Å². The Morgan fingerprint density at radius 2 is 2.06 bits per heavy atom. The summed E-state index contributed by atoms with van der Waals surface area (Å²) >= 11 is 0. The number of aliphatic hydroxyl groups is 1. The summed E-state index contributed by atoms with van der Waals surface area (Å²) in [5.41, 5.74) is 7.86. The predicted octanol–water partition coefficient (Wildman–Crippen LogP) is 0.466. The van der Waals surface area contributed by atoms with E-state index in [4.69, 9.17) is 10.8 Å². The number of nitrogens with two attached hydrogens (primary N) is 1. The van der Waals surface area contributed by atoms with E-state index in [2.05, 4.69) is 5.10 Å². The second-order valence-electron chi connectivity index (χ2n) is 4.01. The zero-order valence-corrected chi connectivity index (χ0v) is 9.55. The van der Waals surface area contributed by atoms with E-state index in [0.717, 1.165) is 11.3 Å². The molecule has 5 heteroatoms. The first-order valence-electron chi connectivity index (χ1n) is 5.37. The molecule has 1 heterocycles. The highest BCUT2D eigenvalue weighted by molar-refractivity contribution is 5.33. The van der Waals surface area contributed by atoms with E-state index in [1.54, 1.807) is 0 Å². The molecular weight excluding hydrogens is 218 g/mol. The third-order valence-electron chi connectivity index (χ3n) is 2.63. The van der Waals surface area contributed by atoms with Crippen LogP contribution in [0.2, 0.25) is 0 Å². The molecule has 0 saturated carbocycles. The molecule has 0 bridgehead atoms. The van der Waals surface area contributed by atoms with Gasteiger partial charge in [-0.3, -0.25) is 9.89 Å². The molecule has 0 saturated heterocycles. The zero-order valence-electron chi connectivity index (χ0n) is 9.55. The number of aromatic amines is 1. The van der Waals surface area contributed by atoms with Gasteiger partial charge in [0.1, 0.15) is 0 Å². The molecule has 0 fully saturated rings. The molecule has 4 N–H and O–H groups in total. The fourth-order valence-corrected chi connectivity index (χ4v) is 1.59. The minimum absolute atomic E-state index is 0.187. The number of aromatic nitrogens is 2. The van der Waals surface area contributed by atoms with Gasteiger partial charge < -0.3 is 10.8 Å². The SMILES string of the molecule is Cc1ccc(-n2[nH]c(C(N)CO)cc2=O)cc1. The van der Waals surface area contributed by atoms with Crippen LogP contribution in [0.1, 0.15) is 17.3 Å². The standard InChI is InChI=1S/C12H15N3O2/c1-8-2-4-9(5-3-8)15-12(17)6-11(14-15)10(13)7-16/h2-6,10,14,16H,7,13H2,1H3. The number of benzene rings is 1. The number of H-pyrrole nitrogens is 1. The first-order chi connectivity index (χ1) is 8.11. The van der Waals surface area contributed by atoms with Crippen molar-refractivity contribution in [3.8, 4) is 5.69 Å². The first kappa shape index (κ1) is 11.6. The Bertz CT molecular complexity index is 554. The van der Waals surface area contributed by atoms with Crippen LogP contribution in [0.3, 0.4) is 0 Å². The maximum atomic E-state index is 11.7. The number of nitrogens with one attached hydrogen (secondary N) is 1. The van der Waals surface area contributed by atoms with Crippen molar-refractivity contribution in [3.05, 3.63) is 51.9 Å². The Labute approximate surface area is 98.5 Å². The van der Waals surface area contributed by atoms with Crippen LogP contribution in [0, 0.1) is 6.92 Å². The van der Waals surface area contributed by atoms with Gasteiger partial charge in [0, 0.05) is 6.07 Å². The van der Waals surface area contributed by atoms with Crippen molar-refractivity contribution in [2.45, 2.75) is 13.0 Å². The number of rotatable bonds is 3. The first-order valence-corrected chi connectivity index (χ1v) is 5.37. The Kier molecular flexibility index (Phi) is 3.12. The number of hydrogen-bond acceptors (Lipinski definition) is 3. The molecule has 0 radical (unpaired) electrons. The van der Waals surface area contributed by atoms with Gasteiger partial charge >= 0.3 is 0 Å². The molecule has 1 atom stereocenters. The van der Waals surface area contributed by atoms with E-state index in [1.807, 2.05) is 31.2 Å². The summed E-state index contributed by atoms with van der Waals surface area (Å²) in [6.07, 6.45) is 0. The quantitative estimate of drug-likeness (QED) is 0.720. The van der Waals surface area contributed by atoms with E-state index in [0.29, 0.717) is 5.69 Å². The van der Waals surface area contributed by atoms with Crippen LogP contribution in [0.25, 0.3) is 5.69 Å². The predicted molar refractivity (Wildman–Crippen MR) is 65.1 cm³/mol. The lowest BCUT2D eigenvalue weighted by Gasteiger charge is -2.05. The molecule has 0 spiro atoms. The highest BCUT2D eigenvalue weighted by Crippen LogP contribution is 2.09. The molecule has 5 nitrogen and oxygen atoms in total. The number of aliphatic hydroxyl groups excluding tert-OH is 1. The van der Waals surface area contributed by atoms with Gasteiger partial charge in [-0.1, -0.05) is 17.7 Å². The second-order valence-corrected chi connectivity index (χ2v) is 4.01. The Hall–Kier alpha value is -1.85. The van der Waals surface area contributed by atoms with E-state index in [1.165, 1.54) is 10.7 Å². The van der Waals surface area contributed by atoms with Crippen LogP contribution < -0.4 is 11.3 Å². The number of hydrogen-bond donors (Lipinski definition) is 3. The highest BCUT2D eigenvalue weighted by atomic mass is 16.3. The molecule has 0 aliphatic heterocycles. The van der Waals surface area contributed by atoms with E-state index in [9.17, 15) is 4.79 Å². The van der Waals surface area contributed by atoms with Crippen LogP contribution >= 0.6 is 0 Å². The Morgan fingerprint density at radius 1 is 1.41 bits per heavy atom. The van der Waals surface area contributed by atoms with Crippen LogP contribution in [0.5, 0.6) is 0 Å². The third-order valence-corrected chi connectivity index (χ3v) is 2.63. The Balaban J connectivity index is 2.42. The maximum absolute atomic E-state index is 11.7. The van der Waals surface area contributed by atoms with Gasteiger partial charge in [0.05, 0.1) is 24.0 Å². The van der Waals surface area contributed by atoms with E-state index >= 15 is 0 Å². The lowest BCUT2D eigenvalue weighted by atomic mass is 10.2. The third kappa shape index (κ3) is 2.30. The summed E-state index contributed by atoms with van der Waals surface area (Å²) in [5, 5.41) is 11.8. The van der Waals surface area contributed by atoms with Gasteiger partial charge in [-0.25, -0.2) is 4.68 Å². The fourth-order valence-electron chi connectivity index (χ4n) is 1.59. The zero-order chi connectivity index (χ0) is 12.4. The molecule has 0 amide bonds. The Morgan fingerprint density at radius 3 is 2.65 bits per heavy atom. The summed E-state index contributed by atoms with van der Waals surface area (Å²) in [6.45, 7) is 1.78. The molecule has 90 valence electrons. The van der Waals surface area contributed by atoms with Crippen LogP contribution in [-0.2, 0) is 0 Å². The van der Waals surface area contributed by atoms with Crippen LogP contribution in [0.15, 0.2) is 35.1 Å². The average molecular weight is 233 g/mol. The molecule has 1 unspecified atom stereocenters. The molecule has 1 aromatic carbocycles. The van der Waals surface area contributed by atoms with Crippen molar-refractivity contribution in [2.75, 3.05) is 6.61 Å². The number of nitrogens with zero attached hydrogens (tertiary/aromatic N) is 1. The van der Waals surface area contributed by atoms with Gasteiger partial charge in [0.25, 0.3) is 5.56 Å². The molecular formula is C12H15N3O2. The van der Waals surface area contributed by atoms with Crippen molar-refractivity contribution in [1.82, 2.24) is 9.78 Å². The van der Waals surface area contributed by atoms with Crippen molar-refractivity contribution in [1.29, 1.82) is 0 Å². The lowest BCUT2D eigenvalue weighted by Crippen LogP contribution is -2.15. The minimum Gasteiger partial charge on any atom is -0.394 e. The topological polar surface area (TPSA) is 84.0 Å². The molecule has 17 heavy (non-hydrogen) atoms. The molecule has 2 rings (SSSR count). The number of aryl methyl sites for hydroxylation is 1. The monoisotopic (exact) mass is 233 g/mol. The smallest absolute Gasteiger partial charge is 0.271 e. The average Bonchev–Trinajstić information content (AvgIpc) is 2.71. The van der Waals surface area contributed by atoms with Gasteiger partial charge in [-0.15, -0.1) is 0 Å². The van der Waals surface area contributed by atoms with Crippen molar-refractivity contribution in [3.63, 3.8) is 0 Å². The summed E-state index contributed by atoms with van der Waals surface area (Å²) in [7, 11) is 0. The minimum atomic E-state index is -0.561. The molecule has 0 aliphatic carbocycles. The largest absolute Gasteiger partial charge is 0.394 e. The normalized spacial score (nSPS) is 12.6. The summed E-state index contributed by atoms with van der Waals surface area (Å²) in [5.74, 6) is 0. The maximum Gasteiger partial charge on any atom is 0.271 e. The molecule has 2 aromatic rings. The summed E-state index contributed by atoms with van der Waals surface area (Å²) in [4.78, 5) is 11.7. The van der Waals surface area contributed by atoms with Gasteiger partial charge in [0.15, 0.2) is 0 Å². The van der Waals surface area contributed by atoms with Gasteiger partial charge in [0.2, 0.25) is 0 Å². The van der Waals surface area contributed by atoms with E-state index < -0.39 is 6.04 Å². The summed E-state index contributed by atoms with van der Waals surface area (Å²) in [6, 6.07) is 8.39. The van der Waals surface area contributed by atoms with Crippen LogP contribution in [-0.4, -0.2) is 21.5 Å². The highest BCUT2D eigenvalue weighted by Gasteiger charge is 2.10. The van der Waals surface area contributed by atoms with Crippen LogP contribution in [0.4, 0.5) is 0 Å². The molecule has 1 aromatic heterocycles. The van der Waals surface area contributed by atoms with Crippen molar-refractivity contribution >= 4 is 0 Å². The van der Waals surface area contributed by atoms with Gasteiger partial charge in [-0.2, -0.15) is 0 Å². The second kappa shape index (κ2) is 4.57. The fraction of sp³-hybridized carbons (Fsp3) is 0.250. The lowest BCUT2D eigenvalue weighted by molar-refractivity contribution is 0.265. The summed E-state index contributed by atoms with van der Waals surface area (Å²) < 4.78 is 1.41. The van der Waals surface area contributed by atoms with Crippen molar-refractivity contribution < 1.29 is 5.11 Å². The van der Waals surface area contributed by atoms with E-state index in [-0.39, 0.29) is 12.2 Å².